The van der Waals surface area contributed by atoms with Crippen molar-refractivity contribution in [2.75, 3.05) is 6.54 Å². The van der Waals surface area contributed by atoms with E-state index in [4.69, 9.17) is 4.99 Å². The SMILES string of the molecule is Cc1ccc(C2=NC(CC(O)NCCc3cccnc3)c3nnc(C)n3-c3scc(C)c32)cc1. The molecule has 0 saturated heterocycles. The van der Waals surface area contributed by atoms with Crippen LogP contribution < -0.4 is 5.32 Å². The summed E-state index contributed by atoms with van der Waals surface area (Å²) >= 11 is 1.68. The molecule has 174 valence electrons. The summed E-state index contributed by atoms with van der Waals surface area (Å²) in [6.07, 6.45) is 4.07. The molecule has 7 nitrogen and oxygen atoms in total. The third-order valence-corrected chi connectivity index (χ3v) is 7.20. The molecule has 0 spiro atoms. The van der Waals surface area contributed by atoms with Gasteiger partial charge in [-0.2, -0.15) is 0 Å². The Bertz CT molecular complexity index is 1310. The van der Waals surface area contributed by atoms with Crippen molar-refractivity contribution in [2.45, 2.75) is 45.9 Å². The number of nitrogens with zero attached hydrogens (tertiary/aromatic N) is 5. The van der Waals surface area contributed by atoms with E-state index in [-0.39, 0.29) is 6.04 Å². The lowest BCUT2D eigenvalue weighted by molar-refractivity contribution is 0.119. The first-order chi connectivity index (χ1) is 16.5. The monoisotopic (exact) mass is 472 g/mol. The zero-order valence-corrected chi connectivity index (χ0v) is 20.4. The Morgan fingerprint density at radius 3 is 2.71 bits per heavy atom. The van der Waals surface area contributed by atoms with Crippen LogP contribution in [0, 0.1) is 20.8 Å². The van der Waals surface area contributed by atoms with E-state index in [0.717, 1.165) is 45.5 Å². The first-order valence-corrected chi connectivity index (χ1v) is 12.3. The Morgan fingerprint density at radius 2 is 1.94 bits per heavy atom. The predicted molar refractivity (Wildman–Crippen MR) is 135 cm³/mol. The summed E-state index contributed by atoms with van der Waals surface area (Å²) in [5.41, 5.74) is 6.62. The van der Waals surface area contributed by atoms with E-state index in [1.54, 1.807) is 17.5 Å². The summed E-state index contributed by atoms with van der Waals surface area (Å²) in [5, 5.41) is 26.2. The maximum absolute atomic E-state index is 10.9. The standard InChI is InChI=1S/C26H28N6OS/c1-16-6-8-20(9-7-16)24-23-17(2)15-34-26(23)32-18(3)30-31-25(32)21(29-24)13-22(33)28-12-10-19-5-4-11-27-14-19/h4-9,11,14-15,21-22,28,33H,10,12-13H2,1-3H3. The highest BCUT2D eigenvalue weighted by Crippen LogP contribution is 2.37. The van der Waals surface area contributed by atoms with Crippen LogP contribution in [-0.2, 0) is 6.42 Å². The van der Waals surface area contributed by atoms with E-state index >= 15 is 0 Å². The quantitative estimate of drug-likeness (QED) is 0.396. The fourth-order valence-corrected chi connectivity index (χ4v) is 5.43. The smallest absolute Gasteiger partial charge is 0.163 e. The molecule has 8 heteroatoms. The number of aromatic nitrogens is 4. The number of benzene rings is 1. The summed E-state index contributed by atoms with van der Waals surface area (Å²) in [5.74, 6) is 1.58. The summed E-state index contributed by atoms with van der Waals surface area (Å²) in [4.78, 5) is 9.35. The predicted octanol–water partition coefficient (Wildman–Crippen LogP) is 4.08. The Kier molecular flexibility index (Phi) is 6.36. The first-order valence-electron chi connectivity index (χ1n) is 11.5. The molecule has 0 aliphatic carbocycles. The van der Waals surface area contributed by atoms with Gasteiger partial charge in [0, 0.05) is 36.5 Å². The van der Waals surface area contributed by atoms with Gasteiger partial charge in [0.25, 0.3) is 0 Å². The highest BCUT2D eigenvalue weighted by atomic mass is 32.1. The summed E-state index contributed by atoms with van der Waals surface area (Å²) in [6, 6.07) is 12.1. The van der Waals surface area contributed by atoms with E-state index in [0.29, 0.717) is 13.0 Å². The van der Waals surface area contributed by atoms with Gasteiger partial charge in [0.15, 0.2) is 5.82 Å². The van der Waals surface area contributed by atoms with Crippen LogP contribution >= 0.6 is 11.3 Å². The van der Waals surface area contributed by atoms with Crippen molar-refractivity contribution in [3.05, 3.63) is 93.6 Å². The molecule has 4 aromatic rings. The fraction of sp³-hybridized carbons (Fsp3) is 0.308. The van der Waals surface area contributed by atoms with E-state index < -0.39 is 6.23 Å². The van der Waals surface area contributed by atoms with Crippen LogP contribution in [0.4, 0.5) is 0 Å². The Labute approximate surface area is 203 Å². The third kappa shape index (κ3) is 4.44. The van der Waals surface area contributed by atoms with Crippen molar-refractivity contribution in [1.29, 1.82) is 0 Å². The number of rotatable bonds is 7. The highest BCUT2D eigenvalue weighted by molar-refractivity contribution is 7.13. The van der Waals surface area contributed by atoms with E-state index in [2.05, 4.69) is 68.6 Å². The topological polar surface area (TPSA) is 88.2 Å². The molecule has 4 heterocycles. The van der Waals surface area contributed by atoms with Crippen LogP contribution in [0.3, 0.4) is 0 Å². The molecule has 0 radical (unpaired) electrons. The van der Waals surface area contributed by atoms with Crippen molar-refractivity contribution in [3.63, 3.8) is 0 Å². The van der Waals surface area contributed by atoms with Gasteiger partial charge in [0.05, 0.1) is 5.71 Å². The lowest BCUT2D eigenvalue weighted by Gasteiger charge is -2.18. The van der Waals surface area contributed by atoms with E-state index in [9.17, 15) is 5.11 Å². The van der Waals surface area contributed by atoms with Crippen molar-refractivity contribution in [3.8, 4) is 5.00 Å². The van der Waals surface area contributed by atoms with Crippen LogP contribution in [-0.4, -0.2) is 43.3 Å². The third-order valence-electron chi connectivity index (χ3n) is 6.12. The van der Waals surface area contributed by atoms with Gasteiger partial charge in [-0.3, -0.25) is 19.9 Å². The zero-order chi connectivity index (χ0) is 23.7. The van der Waals surface area contributed by atoms with Crippen molar-refractivity contribution in [2.24, 2.45) is 4.99 Å². The number of aliphatic hydroxyl groups is 1. The van der Waals surface area contributed by atoms with E-state index in [1.165, 1.54) is 11.1 Å². The number of hydrogen-bond acceptors (Lipinski definition) is 7. The highest BCUT2D eigenvalue weighted by Gasteiger charge is 2.31. The molecular weight excluding hydrogens is 444 g/mol. The number of nitrogens with one attached hydrogen (secondary N) is 1. The van der Waals surface area contributed by atoms with Gasteiger partial charge in [-0.05, 0) is 49.8 Å². The Hall–Kier alpha value is -3.20. The molecule has 3 aromatic heterocycles. The Morgan fingerprint density at radius 1 is 1.12 bits per heavy atom. The van der Waals surface area contributed by atoms with Crippen molar-refractivity contribution < 1.29 is 5.11 Å². The number of aliphatic hydroxyl groups excluding tert-OH is 1. The molecule has 2 atom stereocenters. The molecule has 1 aromatic carbocycles. The minimum absolute atomic E-state index is 0.336. The number of fused-ring (bicyclic) bond motifs is 3. The first kappa shape index (κ1) is 22.6. The largest absolute Gasteiger partial charge is 0.379 e. The molecule has 0 amide bonds. The second kappa shape index (κ2) is 9.58. The minimum atomic E-state index is -0.729. The summed E-state index contributed by atoms with van der Waals surface area (Å²) in [7, 11) is 0. The molecule has 2 unspecified atom stereocenters. The molecule has 1 aliphatic heterocycles. The summed E-state index contributed by atoms with van der Waals surface area (Å²) < 4.78 is 2.10. The van der Waals surface area contributed by atoms with Crippen molar-refractivity contribution >= 4 is 17.0 Å². The molecular formula is C26H28N6OS. The molecule has 0 saturated carbocycles. The van der Waals surface area contributed by atoms with Crippen LogP contribution in [0.2, 0.25) is 0 Å². The van der Waals surface area contributed by atoms with E-state index in [1.807, 2.05) is 25.3 Å². The van der Waals surface area contributed by atoms with Crippen LogP contribution in [0.1, 0.15) is 51.9 Å². The molecule has 0 fully saturated rings. The lowest BCUT2D eigenvalue weighted by atomic mass is 10.00. The number of aliphatic imine (C=N–C) groups is 1. The molecule has 1 aliphatic rings. The maximum atomic E-state index is 10.9. The zero-order valence-electron chi connectivity index (χ0n) is 19.6. The Balaban J connectivity index is 1.47. The van der Waals surface area contributed by atoms with Gasteiger partial charge in [-0.15, -0.1) is 21.5 Å². The van der Waals surface area contributed by atoms with Gasteiger partial charge in [-0.1, -0.05) is 35.9 Å². The molecule has 5 rings (SSSR count). The second-order valence-electron chi connectivity index (χ2n) is 8.72. The van der Waals surface area contributed by atoms with Gasteiger partial charge in [0.1, 0.15) is 23.1 Å². The second-order valence-corrected chi connectivity index (χ2v) is 9.57. The molecule has 2 N–H and O–H groups in total. The number of thiophene rings is 1. The average molecular weight is 473 g/mol. The maximum Gasteiger partial charge on any atom is 0.163 e. The molecule has 34 heavy (non-hydrogen) atoms. The number of aryl methyl sites for hydroxylation is 3. The van der Waals surface area contributed by atoms with Gasteiger partial charge >= 0.3 is 0 Å². The normalized spacial score (nSPS) is 15.9. The van der Waals surface area contributed by atoms with Crippen LogP contribution in [0.5, 0.6) is 0 Å². The van der Waals surface area contributed by atoms with Crippen LogP contribution in [0.25, 0.3) is 5.00 Å². The average Bonchev–Trinajstić information content (AvgIpc) is 3.36. The minimum Gasteiger partial charge on any atom is -0.379 e. The number of pyridine rings is 1. The van der Waals surface area contributed by atoms with Crippen molar-refractivity contribution in [1.82, 2.24) is 25.1 Å². The number of hydrogen-bond donors (Lipinski definition) is 2. The van der Waals surface area contributed by atoms with Crippen LogP contribution in [0.15, 0.2) is 59.2 Å². The van der Waals surface area contributed by atoms with Gasteiger partial charge in [-0.25, -0.2) is 0 Å². The molecule has 0 bridgehead atoms. The summed E-state index contributed by atoms with van der Waals surface area (Å²) in [6.45, 7) is 6.81. The van der Waals surface area contributed by atoms with Gasteiger partial charge < -0.3 is 5.11 Å². The van der Waals surface area contributed by atoms with Gasteiger partial charge in [0.2, 0.25) is 0 Å². The fourth-order valence-electron chi connectivity index (χ4n) is 4.32. The lowest BCUT2D eigenvalue weighted by Crippen LogP contribution is -2.32.